The number of carboxylic acids is 1. The highest BCUT2D eigenvalue weighted by Crippen LogP contribution is 2.37. The average molecular weight is 416 g/mol. The predicted octanol–water partition coefficient (Wildman–Crippen LogP) is 4.67. The second kappa shape index (κ2) is 9.69. The summed E-state index contributed by atoms with van der Waals surface area (Å²) in [5, 5.41) is 20.9. The zero-order chi connectivity index (χ0) is 21.6. The van der Waals surface area contributed by atoms with Gasteiger partial charge in [0.05, 0.1) is 6.10 Å². The van der Waals surface area contributed by atoms with Crippen molar-refractivity contribution in [2.24, 2.45) is 5.73 Å². The molecule has 2 aromatic rings. The molecule has 0 saturated carbocycles. The number of ether oxygens (including phenoxy) is 1. The average Bonchev–Trinajstić information content (AvgIpc) is 2.67. The molecular weight excluding hydrogens is 386 g/mol. The van der Waals surface area contributed by atoms with E-state index in [4.69, 9.17) is 15.9 Å². The lowest BCUT2D eigenvalue weighted by Gasteiger charge is -2.32. The van der Waals surface area contributed by atoms with Crippen LogP contribution < -0.4 is 15.8 Å². The molecule has 0 radical (unpaired) electrons. The molecule has 0 amide bonds. The van der Waals surface area contributed by atoms with Crippen molar-refractivity contribution in [3.8, 4) is 5.75 Å². The van der Waals surface area contributed by atoms with Crippen molar-refractivity contribution in [3.05, 3.63) is 53.6 Å². The summed E-state index contributed by atoms with van der Waals surface area (Å²) in [5.41, 5.74) is 6.11. The Kier molecular flexibility index (Phi) is 7.56. The normalized spacial score (nSPS) is 13.0. The zero-order valence-corrected chi connectivity index (χ0v) is 18.1. The molecule has 2 aromatic carbocycles. The maximum Gasteiger partial charge on any atom is 0.334 e. The van der Waals surface area contributed by atoms with Gasteiger partial charge in [-0.1, -0.05) is 19.9 Å². The minimum absolute atomic E-state index is 0.0292. The van der Waals surface area contributed by atoms with Gasteiger partial charge in [-0.25, -0.2) is 4.79 Å². The molecule has 1 atom stereocenters. The molecule has 5 N–H and O–H groups in total. The molecule has 2 rings (SSSR count). The summed E-state index contributed by atoms with van der Waals surface area (Å²) in [5.74, 6) is 0.625. The predicted molar refractivity (Wildman–Crippen MR) is 119 cm³/mol. The van der Waals surface area contributed by atoms with E-state index in [0.717, 1.165) is 16.4 Å². The fraction of sp³-hybridized carbons (Fsp3) is 0.364. The number of amidine groups is 1. The Bertz CT molecular complexity index is 868. The first-order valence-corrected chi connectivity index (χ1v) is 10.6. The number of nitrogens with one attached hydrogen (secondary N) is 2. The van der Waals surface area contributed by atoms with Crippen molar-refractivity contribution in [3.63, 3.8) is 0 Å². The number of carbonyl (C=O) groups is 1. The van der Waals surface area contributed by atoms with Gasteiger partial charge >= 0.3 is 5.97 Å². The van der Waals surface area contributed by atoms with Gasteiger partial charge in [0.2, 0.25) is 0 Å². The fourth-order valence-electron chi connectivity index (χ4n) is 3.07. The smallest absolute Gasteiger partial charge is 0.334 e. The molecule has 0 aliphatic heterocycles. The number of anilines is 1. The standard InChI is InChI=1S/C22H29N3O3S/c1-5-22(21(26)27,25-17-10-7-15(8-11-17)20(23)24)16-9-12-18(28-14(3)4)19(13-16)29-6-2/h7-14,25H,5-6H2,1-4H3,(H3,23,24)(H,26,27). The van der Waals surface area contributed by atoms with E-state index in [1.165, 1.54) is 0 Å². The third kappa shape index (κ3) is 5.23. The highest BCUT2D eigenvalue weighted by Gasteiger charge is 2.39. The lowest BCUT2D eigenvalue weighted by Crippen LogP contribution is -2.43. The summed E-state index contributed by atoms with van der Waals surface area (Å²) in [6.07, 6.45) is 0.377. The molecule has 7 heteroatoms. The van der Waals surface area contributed by atoms with Crippen LogP contribution in [0.25, 0.3) is 0 Å². The van der Waals surface area contributed by atoms with Gasteiger partial charge in [-0.2, -0.15) is 0 Å². The quantitative estimate of drug-likeness (QED) is 0.255. The summed E-state index contributed by atoms with van der Waals surface area (Å²) < 4.78 is 5.89. The first-order valence-electron chi connectivity index (χ1n) is 9.63. The monoisotopic (exact) mass is 415 g/mol. The highest BCUT2D eigenvalue weighted by molar-refractivity contribution is 7.99. The molecule has 0 heterocycles. The van der Waals surface area contributed by atoms with Crippen LogP contribution in [0.5, 0.6) is 5.75 Å². The van der Waals surface area contributed by atoms with Crippen LogP contribution in [0.15, 0.2) is 47.4 Å². The molecule has 0 spiro atoms. The SMILES string of the molecule is CCSc1cc(C(CC)(Nc2ccc(C(=N)N)cc2)C(=O)O)ccc1OC(C)C. The molecule has 0 aliphatic rings. The molecule has 0 bridgehead atoms. The summed E-state index contributed by atoms with van der Waals surface area (Å²) in [4.78, 5) is 13.3. The lowest BCUT2D eigenvalue weighted by atomic mass is 9.86. The number of nitrogens with two attached hydrogens (primary N) is 1. The van der Waals surface area contributed by atoms with Crippen LogP contribution in [-0.2, 0) is 10.3 Å². The van der Waals surface area contributed by atoms with Crippen LogP contribution in [-0.4, -0.2) is 28.8 Å². The number of thioether (sulfide) groups is 1. The van der Waals surface area contributed by atoms with Gasteiger partial charge in [0, 0.05) is 16.1 Å². The maximum absolute atomic E-state index is 12.4. The summed E-state index contributed by atoms with van der Waals surface area (Å²) in [7, 11) is 0. The second-order valence-corrected chi connectivity index (χ2v) is 8.25. The largest absolute Gasteiger partial charge is 0.490 e. The van der Waals surface area contributed by atoms with Gasteiger partial charge in [0.15, 0.2) is 5.54 Å². The summed E-state index contributed by atoms with van der Waals surface area (Å²) >= 11 is 1.62. The molecule has 29 heavy (non-hydrogen) atoms. The number of benzene rings is 2. The summed E-state index contributed by atoms with van der Waals surface area (Å²) in [6.45, 7) is 7.83. The van der Waals surface area contributed by atoms with Gasteiger partial charge in [0.1, 0.15) is 11.6 Å². The van der Waals surface area contributed by atoms with Crippen LogP contribution in [0, 0.1) is 5.41 Å². The first-order chi connectivity index (χ1) is 13.7. The van der Waals surface area contributed by atoms with Crippen molar-refractivity contribution >= 4 is 29.3 Å². The van der Waals surface area contributed by atoms with Gasteiger partial charge in [-0.15, -0.1) is 11.8 Å². The number of hydrogen-bond donors (Lipinski definition) is 4. The van der Waals surface area contributed by atoms with Crippen molar-refractivity contribution in [1.82, 2.24) is 0 Å². The Morgan fingerprint density at radius 3 is 2.38 bits per heavy atom. The van der Waals surface area contributed by atoms with E-state index in [2.05, 4.69) is 12.2 Å². The Morgan fingerprint density at radius 1 is 1.24 bits per heavy atom. The van der Waals surface area contributed by atoms with Crippen molar-refractivity contribution in [2.45, 2.75) is 50.7 Å². The van der Waals surface area contributed by atoms with Crippen LogP contribution in [0.1, 0.15) is 45.2 Å². The minimum Gasteiger partial charge on any atom is -0.490 e. The number of rotatable bonds is 10. The van der Waals surface area contributed by atoms with E-state index >= 15 is 0 Å². The van der Waals surface area contributed by atoms with E-state index in [-0.39, 0.29) is 11.9 Å². The molecule has 156 valence electrons. The van der Waals surface area contributed by atoms with Crippen molar-refractivity contribution in [2.75, 3.05) is 11.1 Å². The molecule has 0 aliphatic carbocycles. The Labute approximate surface area is 176 Å². The number of carboxylic acid groups (broad SMARTS) is 1. The summed E-state index contributed by atoms with van der Waals surface area (Å²) in [6, 6.07) is 12.4. The Hall–Kier alpha value is -2.67. The van der Waals surface area contributed by atoms with Gasteiger partial charge in [0.25, 0.3) is 0 Å². The molecule has 0 aromatic heterocycles. The molecule has 0 fully saturated rings. The number of hydrogen-bond acceptors (Lipinski definition) is 5. The van der Waals surface area contributed by atoms with Crippen LogP contribution in [0.3, 0.4) is 0 Å². The zero-order valence-electron chi connectivity index (χ0n) is 17.3. The molecule has 1 unspecified atom stereocenters. The third-order valence-electron chi connectivity index (χ3n) is 4.55. The highest BCUT2D eigenvalue weighted by atomic mass is 32.2. The fourth-order valence-corrected chi connectivity index (χ4v) is 3.85. The first kappa shape index (κ1) is 22.6. The van der Waals surface area contributed by atoms with Crippen molar-refractivity contribution in [1.29, 1.82) is 5.41 Å². The molecular formula is C22H29N3O3S. The van der Waals surface area contributed by atoms with Crippen LogP contribution in [0.2, 0.25) is 0 Å². The topological polar surface area (TPSA) is 108 Å². The van der Waals surface area contributed by atoms with E-state index in [0.29, 0.717) is 23.2 Å². The van der Waals surface area contributed by atoms with Gasteiger partial charge < -0.3 is 20.9 Å². The second-order valence-electron chi connectivity index (χ2n) is 6.94. The van der Waals surface area contributed by atoms with E-state index in [9.17, 15) is 9.90 Å². The van der Waals surface area contributed by atoms with E-state index < -0.39 is 11.5 Å². The maximum atomic E-state index is 12.4. The van der Waals surface area contributed by atoms with Crippen LogP contribution in [0.4, 0.5) is 5.69 Å². The molecule has 0 saturated heterocycles. The number of nitrogen functional groups attached to an aromatic ring is 1. The minimum atomic E-state index is -1.29. The van der Waals surface area contributed by atoms with Gasteiger partial charge in [-0.3, -0.25) is 5.41 Å². The Balaban J connectivity index is 2.49. The lowest BCUT2D eigenvalue weighted by molar-refractivity contribution is -0.142. The number of aliphatic carboxylic acids is 1. The van der Waals surface area contributed by atoms with E-state index in [1.807, 2.05) is 39.0 Å². The van der Waals surface area contributed by atoms with E-state index in [1.54, 1.807) is 36.0 Å². The Morgan fingerprint density at radius 2 is 1.90 bits per heavy atom. The van der Waals surface area contributed by atoms with Crippen molar-refractivity contribution < 1.29 is 14.6 Å². The molecule has 6 nitrogen and oxygen atoms in total. The van der Waals surface area contributed by atoms with Crippen LogP contribution >= 0.6 is 11.8 Å². The van der Waals surface area contributed by atoms with Gasteiger partial charge in [-0.05, 0) is 68.0 Å². The third-order valence-corrected chi connectivity index (χ3v) is 5.47.